The molecule has 7 nitrogen and oxygen atoms in total. The fourth-order valence-corrected chi connectivity index (χ4v) is 2.44. The Morgan fingerprint density at radius 3 is 2.67 bits per heavy atom. The number of alkyl carbamates (subject to hydrolysis) is 1. The zero-order valence-corrected chi connectivity index (χ0v) is 11.5. The zero-order valence-electron chi connectivity index (χ0n) is 11.5. The second-order valence-electron chi connectivity index (χ2n) is 4.91. The number of carbonyl (C=O) groups excluding carboxylic acids is 1. The number of likely N-dealkylation sites (tertiary alicyclic amines) is 1. The van der Waals surface area contributed by atoms with Crippen molar-refractivity contribution in [3.8, 4) is 0 Å². The van der Waals surface area contributed by atoms with Crippen LogP contribution in [0.15, 0.2) is 30.3 Å². The summed E-state index contributed by atoms with van der Waals surface area (Å²) in [6.45, 7) is -0.129. The van der Waals surface area contributed by atoms with Crippen LogP contribution < -0.4 is 5.32 Å². The minimum atomic E-state index is -1.29. The molecular weight excluding hydrogens is 276 g/mol. The van der Waals surface area contributed by atoms with Crippen LogP contribution in [0.25, 0.3) is 0 Å². The summed E-state index contributed by atoms with van der Waals surface area (Å²) in [5.74, 6) is 0. The lowest BCUT2D eigenvalue weighted by Crippen LogP contribution is -2.61. The molecule has 0 aromatic heterocycles. The predicted octanol–water partition coefficient (Wildman–Crippen LogP) is 1.38. The number of rotatable bonds is 4. The van der Waals surface area contributed by atoms with Crippen molar-refractivity contribution in [3.63, 3.8) is 0 Å². The van der Waals surface area contributed by atoms with Gasteiger partial charge in [0.1, 0.15) is 12.3 Å². The first-order valence-electron chi connectivity index (χ1n) is 6.68. The molecule has 3 N–H and O–H groups in total. The molecule has 0 saturated carbocycles. The molecule has 1 unspecified atom stereocenters. The molecule has 0 radical (unpaired) electrons. The van der Waals surface area contributed by atoms with Crippen molar-refractivity contribution in [2.75, 3.05) is 13.2 Å². The summed E-state index contributed by atoms with van der Waals surface area (Å²) in [7, 11) is 0. The third kappa shape index (κ3) is 3.43. The lowest BCUT2D eigenvalue weighted by Gasteiger charge is -2.35. The summed E-state index contributed by atoms with van der Waals surface area (Å²) in [6, 6.07) is 9.14. The molecule has 0 aliphatic carbocycles. The molecule has 1 heterocycles. The van der Waals surface area contributed by atoms with Crippen molar-refractivity contribution >= 4 is 12.2 Å². The molecule has 1 aromatic carbocycles. The molecule has 1 fully saturated rings. The number of hydrogen-bond donors (Lipinski definition) is 3. The van der Waals surface area contributed by atoms with Gasteiger partial charge in [0.2, 0.25) is 0 Å². The van der Waals surface area contributed by atoms with Crippen LogP contribution in [-0.2, 0) is 11.3 Å². The fraction of sp³-hybridized carbons (Fsp3) is 0.429. The van der Waals surface area contributed by atoms with E-state index in [4.69, 9.17) is 9.84 Å². The first kappa shape index (κ1) is 15.1. The highest BCUT2D eigenvalue weighted by molar-refractivity contribution is 5.71. The second kappa shape index (κ2) is 6.45. The molecule has 2 rings (SSSR count). The van der Waals surface area contributed by atoms with Gasteiger partial charge in [-0.2, -0.15) is 0 Å². The summed E-state index contributed by atoms with van der Waals surface area (Å²) >= 11 is 0. The van der Waals surface area contributed by atoms with Gasteiger partial charge in [-0.15, -0.1) is 0 Å². The smallest absolute Gasteiger partial charge is 0.409 e. The van der Waals surface area contributed by atoms with E-state index in [0.717, 1.165) is 10.5 Å². The number of aliphatic hydroxyl groups is 1. The highest BCUT2D eigenvalue weighted by Gasteiger charge is 2.45. The molecule has 114 valence electrons. The third-order valence-corrected chi connectivity index (χ3v) is 3.53. The van der Waals surface area contributed by atoms with Crippen molar-refractivity contribution in [2.24, 2.45) is 0 Å². The Labute approximate surface area is 122 Å². The van der Waals surface area contributed by atoms with Gasteiger partial charge >= 0.3 is 12.2 Å². The summed E-state index contributed by atoms with van der Waals surface area (Å²) in [5.41, 5.74) is -0.466. The Hall–Kier alpha value is -2.28. The largest absolute Gasteiger partial charge is 0.465 e. The number of nitrogens with one attached hydrogen (secondary N) is 1. The molecule has 1 aliphatic rings. The van der Waals surface area contributed by atoms with E-state index in [-0.39, 0.29) is 13.2 Å². The minimum Gasteiger partial charge on any atom is -0.465 e. The second-order valence-corrected chi connectivity index (χ2v) is 4.91. The molecule has 1 aliphatic heterocycles. The first-order chi connectivity index (χ1) is 10.1. The van der Waals surface area contributed by atoms with E-state index in [1.54, 1.807) is 0 Å². The van der Waals surface area contributed by atoms with Gasteiger partial charge in [-0.05, 0) is 18.4 Å². The monoisotopic (exact) mass is 294 g/mol. The van der Waals surface area contributed by atoms with Crippen LogP contribution in [-0.4, -0.2) is 46.1 Å². The summed E-state index contributed by atoms with van der Waals surface area (Å²) in [6.07, 6.45) is -0.992. The van der Waals surface area contributed by atoms with Crippen LogP contribution in [0.1, 0.15) is 18.4 Å². The Balaban J connectivity index is 1.95. The van der Waals surface area contributed by atoms with E-state index >= 15 is 0 Å². The number of aliphatic hydroxyl groups excluding tert-OH is 1. The van der Waals surface area contributed by atoms with Gasteiger partial charge in [0.15, 0.2) is 0 Å². The Kier molecular flexibility index (Phi) is 4.64. The third-order valence-electron chi connectivity index (χ3n) is 3.53. The Bertz CT molecular complexity index is 507. The number of carbonyl (C=O) groups is 2. The maximum atomic E-state index is 11.8. The van der Waals surface area contributed by atoms with Crippen molar-refractivity contribution < 1.29 is 24.5 Å². The number of amides is 2. The van der Waals surface area contributed by atoms with Crippen molar-refractivity contribution in [1.29, 1.82) is 0 Å². The van der Waals surface area contributed by atoms with Crippen LogP contribution in [0.2, 0.25) is 0 Å². The molecule has 2 amide bonds. The molecule has 7 heteroatoms. The number of hydrogen-bond acceptors (Lipinski definition) is 4. The van der Waals surface area contributed by atoms with E-state index in [2.05, 4.69) is 5.32 Å². The SMILES string of the molecule is O=C(NC1(CO)CCCN1C(=O)O)OCc1ccccc1. The number of benzene rings is 1. The number of carboxylic acid groups (broad SMARTS) is 1. The van der Waals surface area contributed by atoms with Crippen LogP contribution in [0, 0.1) is 0 Å². The lowest BCUT2D eigenvalue weighted by molar-refractivity contribution is 0.0320. The lowest BCUT2D eigenvalue weighted by atomic mass is 10.1. The molecule has 1 atom stereocenters. The van der Waals surface area contributed by atoms with Crippen LogP contribution in [0.3, 0.4) is 0 Å². The Morgan fingerprint density at radius 1 is 1.33 bits per heavy atom. The van der Waals surface area contributed by atoms with E-state index < -0.39 is 24.5 Å². The quantitative estimate of drug-likeness (QED) is 0.779. The average molecular weight is 294 g/mol. The first-order valence-corrected chi connectivity index (χ1v) is 6.68. The van der Waals surface area contributed by atoms with Crippen LogP contribution in [0.4, 0.5) is 9.59 Å². The normalized spacial score (nSPS) is 21.1. The number of ether oxygens (including phenoxy) is 1. The van der Waals surface area contributed by atoms with Gasteiger partial charge in [0.25, 0.3) is 0 Å². The topological polar surface area (TPSA) is 99.1 Å². The van der Waals surface area contributed by atoms with Gasteiger partial charge in [-0.1, -0.05) is 30.3 Å². The fourth-order valence-electron chi connectivity index (χ4n) is 2.44. The van der Waals surface area contributed by atoms with E-state index in [0.29, 0.717) is 12.8 Å². The van der Waals surface area contributed by atoms with E-state index in [9.17, 15) is 14.7 Å². The van der Waals surface area contributed by atoms with Gasteiger partial charge < -0.3 is 14.9 Å². The van der Waals surface area contributed by atoms with E-state index in [1.807, 2.05) is 30.3 Å². The standard InChI is InChI=1S/C14H18N2O5/c17-10-14(7-4-8-16(14)13(19)20)15-12(18)21-9-11-5-2-1-3-6-11/h1-3,5-6,17H,4,7-10H2,(H,15,18)(H,19,20). The molecule has 1 saturated heterocycles. The molecule has 21 heavy (non-hydrogen) atoms. The van der Waals surface area contributed by atoms with Crippen molar-refractivity contribution in [3.05, 3.63) is 35.9 Å². The minimum absolute atomic E-state index is 0.0846. The molecular formula is C14H18N2O5. The summed E-state index contributed by atoms with van der Waals surface area (Å²) in [5, 5.41) is 21.1. The van der Waals surface area contributed by atoms with Gasteiger partial charge in [0, 0.05) is 6.54 Å². The van der Waals surface area contributed by atoms with Crippen molar-refractivity contribution in [2.45, 2.75) is 25.1 Å². The summed E-state index contributed by atoms with van der Waals surface area (Å²) < 4.78 is 5.06. The molecule has 0 spiro atoms. The van der Waals surface area contributed by atoms with E-state index in [1.165, 1.54) is 0 Å². The van der Waals surface area contributed by atoms with Crippen LogP contribution >= 0.6 is 0 Å². The van der Waals surface area contributed by atoms with Gasteiger partial charge in [-0.25, -0.2) is 9.59 Å². The zero-order chi connectivity index (χ0) is 15.3. The predicted molar refractivity (Wildman–Crippen MR) is 73.5 cm³/mol. The Morgan fingerprint density at radius 2 is 2.05 bits per heavy atom. The van der Waals surface area contributed by atoms with Gasteiger partial charge in [-0.3, -0.25) is 10.2 Å². The maximum absolute atomic E-state index is 11.8. The molecule has 0 bridgehead atoms. The number of nitrogens with zero attached hydrogens (tertiary/aromatic N) is 1. The van der Waals surface area contributed by atoms with Crippen LogP contribution in [0.5, 0.6) is 0 Å². The highest BCUT2D eigenvalue weighted by Crippen LogP contribution is 2.26. The summed E-state index contributed by atoms with van der Waals surface area (Å²) in [4.78, 5) is 24.0. The van der Waals surface area contributed by atoms with Gasteiger partial charge in [0.05, 0.1) is 6.61 Å². The maximum Gasteiger partial charge on any atom is 0.409 e. The van der Waals surface area contributed by atoms with Crippen molar-refractivity contribution in [1.82, 2.24) is 10.2 Å². The highest BCUT2D eigenvalue weighted by atomic mass is 16.5. The molecule has 1 aromatic rings. The average Bonchev–Trinajstić information content (AvgIpc) is 2.90.